The number of nitrogens with two attached hydrogens (primary N) is 1. The van der Waals surface area contributed by atoms with Gasteiger partial charge in [-0.2, -0.15) is 0 Å². The quantitative estimate of drug-likeness (QED) is 0.786. The molecule has 138 valence electrons. The van der Waals surface area contributed by atoms with Crippen LogP contribution in [0.2, 0.25) is 0 Å². The molecule has 0 bridgehead atoms. The second-order valence-electron chi connectivity index (χ2n) is 6.97. The third kappa shape index (κ3) is 4.80. The summed E-state index contributed by atoms with van der Waals surface area (Å²) in [6.45, 7) is 6.74. The normalized spacial score (nSPS) is 15.7. The lowest BCUT2D eigenvalue weighted by Gasteiger charge is -2.26. The molecule has 0 saturated carbocycles. The van der Waals surface area contributed by atoms with Crippen LogP contribution in [0.3, 0.4) is 0 Å². The van der Waals surface area contributed by atoms with Gasteiger partial charge in [-0.05, 0) is 33.3 Å². The molecule has 25 heavy (non-hydrogen) atoms. The van der Waals surface area contributed by atoms with E-state index in [0.29, 0.717) is 26.1 Å². The molecule has 1 aromatic carbocycles. The number of benzene rings is 1. The Bertz CT molecular complexity index is 674. The number of amides is 2. The molecule has 1 heterocycles. The van der Waals surface area contributed by atoms with Crippen LogP contribution in [0, 0.1) is 11.6 Å². The van der Waals surface area contributed by atoms with Gasteiger partial charge in [0.25, 0.3) is 5.91 Å². The minimum absolute atomic E-state index is 0.0791. The van der Waals surface area contributed by atoms with E-state index < -0.39 is 29.2 Å². The molecule has 8 heteroatoms. The average Bonchev–Trinajstić information content (AvgIpc) is 2.74. The van der Waals surface area contributed by atoms with Crippen molar-refractivity contribution in [3.8, 4) is 0 Å². The van der Waals surface area contributed by atoms with Gasteiger partial charge in [0.15, 0.2) is 11.6 Å². The maximum absolute atomic E-state index is 13.4. The first-order chi connectivity index (χ1) is 11.6. The van der Waals surface area contributed by atoms with Crippen molar-refractivity contribution in [2.45, 2.75) is 32.8 Å². The smallest absolute Gasteiger partial charge is 0.410 e. The first-order valence-electron chi connectivity index (χ1n) is 8.10. The fourth-order valence-corrected chi connectivity index (χ4v) is 2.55. The van der Waals surface area contributed by atoms with Crippen molar-refractivity contribution in [3.63, 3.8) is 0 Å². The lowest BCUT2D eigenvalue weighted by molar-refractivity contribution is 0.0255. The van der Waals surface area contributed by atoms with E-state index in [4.69, 9.17) is 10.5 Å². The monoisotopic (exact) mass is 355 g/mol. The molecule has 1 aromatic rings. The molecule has 2 amide bonds. The second kappa shape index (κ2) is 7.25. The van der Waals surface area contributed by atoms with E-state index in [2.05, 4.69) is 0 Å². The Hall–Kier alpha value is -2.38. The fourth-order valence-electron chi connectivity index (χ4n) is 2.55. The van der Waals surface area contributed by atoms with E-state index in [0.717, 1.165) is 12.1 Å². The molecule has 0 radical (unpaired) electrons. The lowest BCUT2D eigenvalue weighted by Crippen LogP contribution is -2.40. The summed E-state index contributed by atoms with van der Waals surface area (Å²) in [5.41, 5.74) is 4.85. The Morgan fingerprint density at radius 3 is 2.24 bits per heavy atom. The minimum atomic E-state index is -1.12. The summed E-state index contributed by atoms with van der Waals surface area (Å²) in [6.07, 6.45) is 0.114. The predicted molar refractivity (Wildman–Crippen MR) is 89.1 cm³/mol. The summed E-state index contributed by atoms with van der Waals surface area (Å²) >= 11 is 0. The molecule has 6 nitrogen and oxygen atoms in total. The summed E-state index contributed by atoms with van der Waals surface area (Å²) in [5.74, 6) is -2.70. The van der Waals surface area contributed by atoms with Crippen LogP contribution in [0.15, 0.2) is 12.1 Å². The largest absolute Gasteiger partial charge is 0.444 e. The number of anilines is 1. The van der Waals surface area contributed by atoms with Crippen molar-refractivity contribution in [2.75, 3.05) is 31.9 Å². The van der Waals surface area contributed by atoms with E-state index in [-0.39, 0.29) is 17.8 Å². The minimum Gasteiger partial charge on any atom is -0.444 e. The van der Waals surface area contributed by atoms with Gasteiger partial charge in [-0.15, -0.1) is 0 Å². The van der Waals surface area contributed by atoms with Gasteiger partial charge in [-0.3, -0.25) is 4.79 Å². The standard InChI is InChI=1S/C17H23F2N3O3/c1-17(2,3)25-16(24)22-6-4-5-21(7-8-22)15(23)11-9-12(18)13(19)10-14(11)20/h9-10H,4-8,20H2,1-3H3. The van der Waals surface area contributed by atoms with Crippen LogP contribution >= 0.6 is 0 Å². The van der Waals surface area contributed by atoms with Crippen molar-refractivity contribution in [2.24, 2.45) is 0 Å². The van der Waals surface area contributed by atoms with Crippen molar-refractivity contribution in [3.05, 3.63) is 29.3 Å². The summed E-state index contributed by atoms with van der Waals surface area (Å²) < 4.78 is 31.9. The number of rotatable bonds is 1. The molecule has 0 atom stereocenters. The molecule has 2 rings (SSSR count). The molecule has 0 aliphatic carbocycles. The predicted octanol–water partition coefficient (Wildman–Crippen LogP) is 2.63. The highest BCUT2D eigenvalue weighted by atomic mass is 19.2. The maximum Gasteiger partial charge on any atom is 0.410 e. The molecule has 0 unspecified atom stereocenters. The zero-order valence-corrected chi connectivity index (χ0v) is 14.6. The van der Waals surface area contributed by atoms with Gasteiger partial charge in [-0.25, -0.2) is 13.6 Å². The second-order valence-corrected chi connectivity index (χ2v) is 6.97. The number of hydrogen-bond donors (Lipinski definition) is 1. The van der Waals surface area contributed by atoms with Crippen LogP contribution in [-0.2, 0) is 4.74 Å². The SMILES string of the molecule is CC(C)(C)OC(=O)N1CCCN(C(=O)c2cc(F)c(F)cc2N)CC1. The molecule has 1 aliphatic heterocycles. The Balaban J connectivity index is 2.07. The molecular weight excluding hydrogens is 332 g/mol. The van der Waals surface area contributed by atoms with Crippen LogP contribution < -0.4 is 5.73 Å². The molecular formula is C17H23F2N3O3. The Kier molecular flexibility index (Phi) is 5.49. The number of nitrogens with zero attached hydrogens (tertiary/aromatic N) is 2. The highest BCUT2D eigenvalue weighted by molar-refractivity contribution is 5.99. The maximum atomic E-state index is 13.4. The van der Waals surface area contributed by atoms with Gasteiger partial charge in [0.05, 0.1) is 5.56 Å². The summed E-state index contributed by atoms with van der Waals surface area (Å²) in [4.78, 5) is 27.7. The molecule has 1 aliphatic rings. The van der Waals surface area contributed by atoms with E-state index >= 15 is 0 Å². The van der Waals surface area contributed by atoms with E-state index in [1.807, 2.05) is 0 Å². The van der Waals surface area contributed by atoms with Crippen molar-refractivity contribution in [1.29, 1.82) is 0 Å². The van der Waals surface area contributed by atoms with Crippen LogP contribution in [0.1, 0.15) is 37.6 Å². The Morgan fingerprint density at radius 2 is 1.60 bits per heavy atom. The summed E-state index contributed by atoms with van der Waals surface area (Å²) in [6, 6.07) is 1.61. The van der Waals surface area contributed by atoms with Crippen molar-refractivity contribution in [1.82, 2.24) is 9.80 Å². The third-order valence-corrected chi connectivity index (χ3v) is 3.76. The molecule has 1 saturated heterocycles. The molecule has 2 N–H and O–H groups in total. The van der Waals surface area contributed by atoms with Crippen molar-refractivity contribution < 1.29 is 23.1 Å². The zero-order chi connectivity index (χ0) is 18.8. The lowest BCUT2D eigenvalue weighted by atomic mass is 10.1. The number of halogens is 2. The Labute approximate surface area is 145 Å². The highest BCUT2D eigenvalue weighted by Crippen LogP contribution is 2.20. The first-order valence-corrected chi connectivity index (χ1v) is 8.10. The van der Waals surface area contributed by atoms with Crippen molar-refractivity contribution >= 4 is 17.7 Å². The van der Waals surface area contributed by atoms with Gasteiger partial charge < -0.3 is 20.3 Å². The number of carbonyl (C=O) groups is 2. The number of carbonyl (C=O) groups excluding carboxylic acids is 2. The van der Waals surface area contributed by atoms with E-state index in [1.165, 1.54) is 9.80 Å². The first kappa shape index (κ1) is 19.0. The van der Waals surface area contributed by atoms with Gasteiger partial charge in [0, 0.05) is 37.9 Å². The highest BCUT2D eigenvalue weighted by Gasteiger charge is 2.27. The molecule has 0 aromatic heterocycles. The van der Waals surface area contributed by atoms with Crippen LogP contribution in [0.25, 0.3) is 0 Å². The van der Waals surface area contributed by atoms with Gasteiger partial charge in [0.2, 0.25) is 0 Å². The topological polar surface area (TPSA) is 75.9 Å². The Morgan fingerprint density at radius 1 is 1.04 bits per heavy atom. The molecule has 0 spiro atoms. The van der Waals surface area contributed by atoms with Gasteiger partial charge in [-0.1, -0.05) is 0 Å². The van der Waals surface area contributed by atoms with Crippen LogP contribution in [0.4, 0.5) is 19.3 Å². The summed E-state index contributed by atoms with van der Waals surface area (Å²) in [5, 5.41) is 0. The summed E-state index contributed by atoms with van der Waals surface area (Å²) in [7, 11) is 0. The van der Waals surface area contributed by atoms with Crippen LogP contribution in [-0.4, -0.2) is 53.6 Å². The number of hydrogen-bond acceptors (Lipinski definition) is 4. The van der Waals surface area contributed by atoms with E-state index in [1.54, 1.807) is 20.8 Å². The van der Waals surface area contributed by atoms with Gasteiger partial charge >= 0.3 is 6.09 Å². The van der Waals surface area contributed by atoms with E-state index in [9.17, 15) is 18.4 Å². The van der Waals surface area contributed by atoms with Gasteiger partial charge in [0.1, 0.15) is 5.60 Å². The van der Waals surface area contributed by atoms with Crippen LogP contribution in [0.5, 0.6) is 0 Å². The zero-order valence-electron chi connectivity index (χ0n) is 14.6. The molecule has 1 fully saturated rings. The number of nitrogen functional groups attached to an aromatic ring is 1. The average molecular weight is 355 g/mol. The number of ether oxygens (including phenoxy) is 1. The fraction of sp³-hybridized carbons (Fsp3) is 0.529. The third-order valence-electron chi connectivity index (χ3n) is 3.76.